The lowest BCUT2D eigenvalue weighted by atomic mass is 10.2. The van der Waals surface area contributed by atoms with E-state index in [4.69, 9.17) is 15.6 Å². The quantitative estimate of drug-likeness (QED) is 0.192. The van der Waals surface area contributed by atoms with Gasteiger partial charge in [-0.05, 0) is 63.9 Å². The van der Waals surface area contributed by atoms with Crippen LogP contribution in [0.25, 0.3) is 0 Å². The second-order valence-electron chi connectivity index (χ2n) is 10.2. The molecule has 0 bridgehead atoms. The Labute approximate surface area is 222 Å². The molecule has 0 saturated carbocycles. The molecule has 0 spiro atoms. The van der Waals surface area contributed by atoms with Crippen molar-refractivity contribution in [2.45, 2.75) is 25.8 Å². The van der Waals surface area contributed by atoms with Gasteiger partial charge in [-0.1, -0.05) is 87.4 Å². The molecule has 4 aromatic rings. The maximum absolute atomic E-state index is 7.04. The third kappa shape index (κ3) is 5.97. The van der Waals surface area contributed by atoms with Crippen molar-refractivity contribution in [3.05, 3.63) is 115 Å². The van der Waals surface area contributed by atoms with E-state index in [2.05, 4.69) is 111 Å². The molecule has 37 heavy (non-hydrogen) atoms. The highest BCUT2D eigenvalue weighted by molar-refractivity contribution is 6.99. The molecule has 4 heteroatoms. The lowest BCUT2D eigenvalue weighted by Crippen LogP contribution is -2.67. The number of ether oxygens (including phenoxy) is 1. The van der Waals surface area contributed by atoms with Gasteiger partial charge in [-0.15, -0.1) is 6.42 Å². The van der Waals surface area contributed by atoms with Crippen LogP contribution >= 0.6 is 0 Å². The van der Waals surface area contributed by atoms with Gasteiger partial charge in [0.05, 0.1) is 6.61 Å². The van der Waals surface area contributed by atoms with Crippen molar-refractivity contribution >= 4 is 24.4 Å². The lowest BCUT2D eigenvalue weighted by molar-refractivity contribution is 0.306. The Bertz CT molecular complexity index is 1270. The molecule has 0 aliphatic rings. The van der Waals surface area contributed by atoms with Crippen LogP contribution in [0.4, 0.5) is 5.69 Å². The molecule has 0 aromatic heterocycles. The van der Waals surface area contributed by atoms with E-state index in [1.165, 1.54) is 10.4 Å². The Morgan fingerprint density at radius 3 is 1.68 bits per heavy atom. The molecule has 3 nitrogen and oxygen atoms in total. The average Bonchev–Trinajstić information content (AvgIpc) is 2.92. The van der Waals surface area contributed by atoms with E-state index in [1.54, 1.807) is 0 Å². The molecule has 0 radical (unpaired) electrons. The summed E-state index contributed by atoms with van der Waals surface area (Å²) in [5.74, 6) is 4.17. The van der Waals surface area contributed by atoms with Gasteiger partial charge < -0.3 is 14.1 Å². The fourth-order valence-corrected chi connectivity index (χ4v) is 9.30. The van der Waals surface area contributed by atoms with Crippen LogP contribution in [-0.2, 0) is 4.43 Å². The van der Waals surface area contributed by atoms with Gasteiger partial charge in [-0.2, -0.15) is 0 Å². The smallest absolute Gasteiger partial charge is 0.261 e. The van der Waals surface area contributed by atoms with E-state index < -0.39 is 8.32 Å². The number of benzene rings is 4. The molecule has 0 saturated heterocycles. The van der Waals surface area contributed by atoms with Gasteiger partial charge in [0.15, 0.2) is 0 Å². The molecule has 0 fully saturated rings. The fourth-order valence-electron chi connectivity index (χ4n) is 4.75. The van der Waals surface area contributed by atoms with Crippen LogP contribution in [0.2, 0.25) is 5.04 Å². The van der Waals surface area contributed by atoms with E-state index >= 15 is 0 Å². The first-order chi connectivity index (χ1) is 17.8. The lowest BCUT2D eigenvalue weighted by Gasteiger charge is -2.43. The number of rotatable bonds is 9. The minimum absolute atomic E-state index is 0.0360. The second kappa shape index (κ2) is 11.5. The molecule has 4 rings (SSSR count). The van der Waals surface area contributed by atoms with E-state index in [0.717, 1.165) is 29.3 Å². The minimum atomic E-state index is -2.54. The van der Waals surface area contributed by atoms with Crippen LogP contribution in [0.1, 0.15) is 26.3 Å². The van der Waals surface area contributed by atoms with Crippen molar-refractivity contribution in [2.24, 2.45) is 0 Å². The molecular weight excluding hydrogens is 470 g/mol. The van der Waals surface area contributed by atoms with E-state index in [-0.39, 0.29) is 5.04 Å². The van der Waals surface area contributed by atoms with Crippen LogP contribution in [0.3, 0.4) is 0 Å². The van der Waals surface area contributed by atoms with Crippen LogP contribution in [-0.4, -0.2) is 28.5 Å². The standard InChI is InChI=1S/C33H35NO2Si/c1-6-27-17-21-29(22-18-27)36-30-23-19-28(20-24-30)34(5)25-26-35-37(33(2,3)4,31-13-9-7-10-14-31)32-15-11-8-12-16-32/h1,7-24H,25-26H2,2-5H3. The third-order valence-corrected chi connectivity index (χ3v) is 11.7. The number of anilines is 1. The zero-order valence-corrected chi connectivity index (χ0v) is 23.1. The minimum Gasteiger partial charge on any atom is -0.457 e. The summed E-state index contributed by atoms with van der Waals surface area (Å²) < 4.78 is 13.0. The summed E-state index contributed by atoms with van der Waals surface area (Å²) in [5, 5.41) is 2.56. The van der Waals surface area contributed by atoms with E-state index in [9.17, 15) is 0 Å². The van der Waals surface area contributed by atoms with Gasteiger partial charge in [0, 0.05) is 24.8 Å². The molecular formula is C33H35NO2Si. The van der Waals surface area contributed by atoms with E-state index in [0.29, 0.717) is 6.61 Å². The second-order valence-corrected chi connectivity index (χ2v) is 14.5. The zero-order valence-electron chi connectivity index (χ0n) is 22.1. The fraction of sp³-hybridized carbons (Fsp3) is 0.212. The first-order valence-corrected chi connectivity index (χ1v) is 14.5. The number of likely N-dealkylation sites (N-methyl/N-ethyl adjacent to an activating group) is 1. The highest BCUT2D eigenvalue weighted by atomic mass is 28.4. The summed E-state index contributed by atoms with van der Waals surface area (Å²) >= 11 is 0. The summed E-state index contributed by atoms with van der Waals surface area (Å²) in [7, 11) is -0.435. The molecule has 0 aliphatic heterocycles. The summed E-state index contributed by atoms with van der Waals surface area (Å²) in [4.78, 5) is 2.23. The normalized spacial score (nSPS) is 11.5. The highest BCUT2D eigenvalue weighted by Crippen LogP contribution is 2.36. The molecule has 0 aliphatic carbocycles. The molecule has 0 heterocycles. The SMILES string of the molecule is C#Cc1ccc(Oc2ccc(N(C)CCO[Si](c3ccccc3)(c3ccccc3)C(C)(C)C)cc2)cc1. The van der Waals surface area contributed by atoms with Crippen molar-refractivity contribution in [3.8, 4) is 23.8 Å². The Balaban J connectivity index is 1.47. The monoisotopic (exact) mass is 505 g/mol. The van der Waals surface area contributed by atoms with Crippen molar-refractivity contribution in [3.63, 3.8) is 0 Å². The summed E-state index contributed by atoms with van der Waals surface area (Å²) in [6.07, 6.45) is 5.43. The largest absolute Gasteiger partial charge is 0.457 e. The van der Waals surface area contributed by atoms with Gasteiger partial charge in [-0.3, -0.25) is 0 Å². The Hall–Kier alpha value is -3.78. The topological polar surface area (TPSA) is 21.7 Å². The van der Waals surface area contributed by atoms with Gasteiger partial charge in [0.2, 0.25) is 0 Å². The molecule has 0 unspecified atom stereocenters. The molecule has 0 atom stereocenters. The number of hydrogen-bond donors (Lipinski definition) is 0. The van der Waals surface area contributed by atoms with Gasteiger partial charge >= 0.3 is 0 Å². The maximum atomic E-state index is 7.04. The van der Waals surface area contributed by atoms with Crippen molar-refractivity contribution < 1.29 is 9.16 Å². The van der Waals surface area contributed by atoms with E-state index in [1.807, 2.05) is 36.4 Å². The average molecular weight is 506 g/mol. The Kier molecular flexibility index (Phi) is 8.18. The summed E-state index contributed by atoms with van der Waals surface area (Å²) in [5.41, 5.74) is 1.95. The third-order valence-electron chi connectivity index (χ3n) is 6.70. The van der Waals surface area contributed by atoms with Crippen molar-refractivity contribution in [1.29, 1.82) is 0 Å². The van der Waals surface area contributed by atoms with Crippen LogP contribution in [0.5, 0.6) is 11.5 Å². The Morgan fingerprint density at radius 2 is 1.22 bits per heavy atom. The van der Waals surface area contributed by atoms with Gasteiger partial charge in [0.25, 0.3) is 8.32 Å². The summed E-state index contributed by atoms with van der Waals surface area (Å²) in [6, 6.07) is 37.2. The van der Waals surface area contributed by atoms with Crippen LogP contribution in [0.15, 0.2) is 109 Å². The first-order valence-electron chi connectivity index (χ1n) is 12.6. The highest BCUT2D eigenvalue weighted by Gasteiger charge is 2.50. The van der Waals surface area contributed by atoms with Crippen LogP contribution < -0.4 is 20.0 Å². The van der Waals surface area contributed by atoms with Gasteiger partial charge in [0.1, 0.15) is 11.5 Å². The van der Waals surface area contributed by atoms with Gasteiger partial charge in [-0.25, -0.2) is 0 Å². The number of terminal acetylenes is 1. The number of nitrogens with zero attached hydrogens (tertiary/aromatic N) is 1. The molecule has 4 aromatic carbocycles. The molecule has 0 N–H and O–H groups in total. The number of hydrogen-bond acceptors (Lipinski definition) is 3. The first kappa shape index (κ1) is 26.3. The predicted octanol–water partition coefficient (Wildman–Crippen LogP) is 6.47. The summed E-state index contributed by atoms with van der Waals surface area (Å²) in [6.45, 7) is 8.33. The van der Waals surface area contributed by atoms with Crippen molar-refractivity contribution in [1.82, 2.24) is 0 Å². The predicted molar refractivity (Wildman–Crippen MR) is 158 cm³/mol. The zero-order chi connectivity index (χ0) is 26.3. The Morgan fingerprint density at radius 1 is 0.730 bits per heavy atom. The molecule has 188 valence electrons. The molecule has 0 amide bonds. The maximum Gasteiger partial charge on any atom is 0.261 e. The van der Waals surface area contributed by atoms with Crippen molar-refractivity contribution in [2.75, 3.05) is 25.1 Å². The van der Waals surface area contributed by atoms with Crippen LogP contribution in [0, 0.1) is 12.3 Å².